The molecule has 0 aliphatic carbocycles. The van der Waals surface area contributed by atoms with Crippen LogP contribution in [0.3, 0.4) is 0 Å². The molecule has 1 aromatic heterocycles. The SMILES string of the molecule is C#CCNC(=O)Cn1cc(C(F)(F)F)cn1. The molecule has 0 bridgehead atoms. The van der Waals surface area contributed by atoms with Crippen molar-refractivity contribution in [3.05, 3.63) is 18.0 Å². The number of amides is 1. The first-order chi connectivity index (χ1) is 7.43. The molecule has 0 spiro atoms. The predicted octanol–water partition coefficient (Wildman–Crippen LogP) is 0.651. The summed E-state index contributed by atoms with van der Waals surface area (Å²) in [5.74, 6) is 1.68. The Morgan fingerprint density at radius 2 is 2.31 bits per heavy atom. The maximum atomic E-state index is 12.2. The van der Waals surface area contributed by atoms with Crippen molar-refractivity contribution in [1.82, 2.24) is 15.1 Å². The summed E-state index contributed by atoms with van der Waals surface area (Å²) >= 11 is 0. The molecule has 0 aromatic carbocycles. The van der Waals surface area contributed by atoms with Gasteiger partial charge in [-0.1, -0.05) is 5.92 Å². The van der Waals surface area contributed by atoms with Crippen LogP contribution < -0.4 is 5.32 Å². The summed E-state index contributed by atoms with van der Waals surface area (Å²) < 4.78 is 37.4. The minimum absolute atomic E-state index is 0.0340. The van der Waals surface area contributed by atoms with Crippen LogP contribution in [0.2, 0.25) is 0 Å². The summed E-state index contributed by atoms with van der Waals surface area (Å²) in [4.78, 5) is 11.1. The molecule has 16 heavy (non-hydrogen) atoms. The van der Waals surface area contributed by atoms with Crippen molar-refractivity contribution in [2.75, 3.05) is 6.54 Å². The molecule has 0 aliphatic heterocycles. The van der Waals surface area contributed by atoms with Crippen LogP contribution in [0.25, 0.3) is 0 Å². The van der Waals surface area contributed by atoms with Crippen LogP contribution in [-0.2, 0) is 17.5 Å². The number of carbonyl (C=O) groups excluding carboxylic acids is 1. The molecule has 0 unspecified atom stereocenters. The molecule has 1 N–H and O–H groups in total. The van der Waals surface area contributed by atoms with Gasteiger partial charge in [-0.2, -0.15) is 18.3 Å². The van der Waals surface area contributed by atoms with Crippen LogP contribution in [0.4, 0.5) is 13.2 Å². The molecule has 1 amide bonds. The number of terminal acetylenes is 1. The van der Waals surface area contributed by atoms with Gasteiger partial charge in [0.2, 0.25) is 5.91 Å². The first kappa shape index (κ1) is 12.1. The highest BCUT2D eigenvalue weighted by Crippen LogP contribution is 2.28. The molecular weight excluding hydrogens is 223 g/mol. The van der Waals surface area contributed by atoms with E-state index in [2.05, 4.69) is 16.3 Å². The topological polar surface area (TPSA) is 46.9 Å². The third kappa shape index (κ3) is 3.31. The third-order valence-corrected chi connectivity index (χ3v) is 1.65. The lowest BCUT2D eigenvalue weighted by Crippen LogP contribution is -2.27. The number of carbonyl (C=O) groups is 1. The Labute approximate surface area is 89.4 Å². The van der Waals surface area contributed by atoms with E-state index < -0.39 is 17.6 Å². The molecule has 1 aromatic rings. The first-order valence-electron chi connectivity index (χ1n) is 4.23. The summed E-state index contributed by atoms with van der Waals surface area (Å²) in [6.45, 7) is -0.260. The van der Waals surface area contributed by atoms with Gasteiger partial charge in [-0.05, 0) is 0 Å². The van der Waals surface area contributed by atoms with Gasteiger partial charge in [-0.25, -0.2) is 0 Å². The van der Waals surface area contributed by atoms with E-state index in [0.29, 0.717) is 6.20 Å². The van der Waals surface area contributed by atoms with Crippen molar-refractivity contribution in [3.8, 4) is 12.3 Å². The zero-order valence-corrected chi connectivity index (χ0v) is 8.08. The van der Waals surface area contributed by atoms with Gasteiger partial charge >= 0.3 is 6.18 Å². The Morgan fingerprint density at radius 1 is 1.62 bits per heavy atom. The largest absolute Gasteiger partial charge is 0.419 e. The lowest BCUT2D eigenvalue weighted by molar-refractivity contribution is -0.137. The van der Waals surface area contributed by atoms with E-state index in [0.717, 1.165) is 10.9 Å². The average Bonchev–Trinajstić information content (AvgIpc) is 2.62. The second-order valence-corrected chi connectivity index (χ2v) is 2.91. The van der Waals surface area contributed by atoms with Gasteiger partial charge < -0.3 is 5.32 Å². The zero-order chi connectivity index (χ0) is 12.2. The summed E-state index contributed by atoms with van der Waals surface area (Å²) in [5.41, 5.74) is -0.891. The third-order valence-electron chi connectivity index (χ3n) is 1.65. The quantitative estimate of drug-likeness (QED) is 0.776. The smallest absolute Gasteiger partial charge is 0.344 e. The standard InChI is InChI=1S/C9H8F3N3O/c1-2-3-13-8(16)6-15-5-7(4-14-15)9(10,11)12/h1,4-5H,3,6H2,(H,13,16). The lowest BCUT2D eigenvalue weighted by atomic mass is 10.4. The molecule has 0 aliphatic rings. The fraction of sp³-hybridized carbons (Fsp3) is 0.333. The van der Waals surface area contributed by atoms with Crippen molar-refractivity contribution < 1.29 is 18.0 Å². The number of nitrogens with zero attached hydrogens (tertiary/aromatic N) is 2. The second-order valence-electron chi connectivity index (χ2n) is 2.91. The second kappa shape index (κ2) is 4.70. The number of alkyl halides is 3. The molecule has 86 valence electrons. The first-order valence-corrected chi connectivity index (χ1v) is 4.23. The molecular formula is C9H8F3N3O. The van der Waals surface area contributed by atoms with Crippen LogP contribution in [0.1, 0.15) is 5.56 Å². The summed E-state index contributed by atoms with van der Waals surface area (Å²) in [6.07, 6.45) is 1.87. The Morgan fingerprint density at radius 3 is 2.81 bits per heavy atom. The van der Waals surface area contributed by atoms with Crippen LogP contribution in [-0.4, -0.2) is 22.2 Å². The monoisotopic (exact) mass is 231 g/mol. The van der Waals surface area contributed by atoms with E-state index in [1.165, 1.54) is 0 Å². The number of nitrogens with one attached hydrogen (secondary N) is 1. The fourth-order valence-corrected chi connectivity index (χ4v) is 0.949. The van der Waals surface area contributed by atoms with E-state index in [-0.39, 0.29) is 13.1 Å². The van der Waals surface area contributed by atoms with Crippen molar-refractivity contribution in [1.29, 1.82) is 0 Å². The highest BCUT2D eigenvalue weighted by atomic mass is 19.4. The fourth-order valence-electron chi connectivity index (χ4n) is 0.949. The molecule has 0 saturated carbocycles. The van der Waals surface area contributed by atoms with Crippen LogP contribution in [0.15, 0.2) is 12.4 Å². The molecule has 1 rings (SSSR count). The Bertz CT molecular complexity index is 416. The zero-order valence-electron chi connectivity index (χ0n) is 8.08. The van der Waals surface area contributed by atoms with Crippen molar-refractivity contribution in [2.24, 2.45) is 0 Å². The van der Waals surface area contributed by atoms with Gasteiger partial charge in [-0.3, -0.25) is 9.48 Å². The molecule has 7 heteroatoms. The lowest BCUT2D eigenvalue weighted by Gasteiger charge is -2.02. The Kier molecular flexibility index (Phi) is 3.55. The maximum absolute atomic E-state index is 12.2. The minimum atomic E-state index is -4.45. The molecule has 4 nitrogen and oxygen atoms in total. The molecule has 0 saturated heterocycles. The van der Waals surface area contributed by atoms with Crippen LogP contribution >= 0.6 is 0 Å². The van der Waals surface area contributed by atoms with E-state index >= 15 is 0 Å². The van der Waals surface area contributed by atoms with Gasteiger partial charge in [0, 0.05) is 6.20 Å². The predicted molar refractivity (Wildman–Crippen MR) is 49.1 cm³/mol. The highest BCUT2D eigenvalue weighted by Gasteiger charge is 2.32. The maximum Gasteiger partial charge on any atom is 0.419 e. The number of hydrogen-bond donors (Lipinski definition) is 1. The van der Waals surface area contributed by atoms with Gasteiger partial charge in [0.15, 0.2) is 0 Å². The van der Waals surface area contributed by atoms with Gasteiger partial charge in [-0.15, -0.1) is 6.42 Å². The summed E-state index contributed by atoms with van der Waals surface area (Å²) in [5, 5.41) is 5.73. The molecule has 1 heterocycles. The van der Waals surface area contributed by atoms with E-state index in [9.17, 15) is 18.0 Å². The number of rotatable bonds is 3. The van der Waals surface area contributed by atoms with Crippen molar-refractivity contribution in [2.45, 2.75) is 12.7 Å². The minimum Gasteiger partial charge on any atom is -0.344 e. The summed E-state index contributed by atoms with van der Waals surface area (Å²) in [6, 6.07) is 0. The van der Waals surface area contributed by atoms with Crippen molar-refractivity contribution >= 4 is 5.91 Å². The number of aromatic nitrogens is 2. The number of halogens is 3. The number of hydrogen-bond acceptors (Lipinski definition) is 2. The van der Waals surface area contributed by atoms with E-state index in [1.807, 2.05) is 0 Å². The van der Waals surface area contributed by atoms with Crippen LogP contribution in [0, 0.1) is 12.3 Å². The van der Waals surface area contributed by atoms with Gasteiger partial charge in [0.1, 0.15) is 6.54 Å². The van der Waals surface area contributed by atoms with Gasteiger partial charge in [0.05, 0.1) is 18.3 Å². The molecule has 0 fully saturated rings. The summed E-state index contributed by atoms with van der Waals surface area (Å²) in [7, 11) is 0. The Balaban J connectivity index is 2.60. The van der Waals surface area contributed by atoms with E-state index in [4.69, 9.17) is 6.42 Å². The normalized spacial score (nSPS) is 10.9. The van der Waals surface area contributed by atoms with Gasteiger partial charge in [0.25, 0.3) is 0 Å². The molecule has 0 radical (unpaired) electrons. The highest BCUT2D eigenvalue weighted by molar-refractivity contribution is 5.75. The van der Waals surface area contributed by atoms with Crippen LogP contribution in [0.5, 0.6) is 0 Å². The average molecular weight is 231 g/mol. The Hall–Kier alpha value is -1.97. The van der Waals surface area contributed by atoms with Crippen molar-refractivity contribution in [3.63, 3.8) is 0 Å². The molecule has 0 atom stereocenters. The van der Waals surface area contributed by atoms with E-state index in [1.54, 1.807) is 0 Å².